The average Bonchev–Trinajstić information content (AvgIpc) is 2.92. The van der Waals surface area contributed by atoms with E-state index in [0.29, 0.717) is 17.2 Å². The van der Waals surface area contributed by atoms with Crippen molar-refractivity contribution in [3.05, 3.63) is 106 Å². The number of amides is 2. The minimum atomic E-state index is -0.625. The number of carbonyl (C=O) groups is 2. The summed E-state index contributed by atoms with van der Waals surface area (Å²) < 4.78 is 0. The maximum atomic E-state index is 13.9. The molecule has 1 saturated carbocycles. The number of aryl methyl sites for hydroxylation is 2. The van der Waals surface area contributed by atoms with Gasteiger partial charge in [-0.25, -0.2) is 0 Å². The molecule has 3 aromatic carbocycles. The van der Waals surface area contributed by atoms with Crippen molar-refractivity contribution in [3.63, 3.8) is 0 Å². The first-order valence-electron chi connectivity index (χ1n) is 13.9. The van der Waals surface area contributed by atoms with Crippen LogP contribution in [-0.2, 0) is 28.3 Å². The van der Waals surface area contributed by atoms with Gasteiger partial charge in [0.15, 0.2) is 0 Å². The van der Waals surface area contributed by atoms with E-state index in [9.17, 15) is 9.59 Å². The first-order valence-corrected chi connectivity index (χ1v) is 15.4. The Morgan fingerprint density at radius 3 is 2.28 bits per heavy atom. The predicted molar refractivity (Wildman–Crippen MR) is 163 cm³/mol. The van der Waals surface area contributed by atoms with Crippen molar-refractivity contribution in [2.24, 2.45) is 0 Å². The van der Waals surface area contributed by atoms with Crippen LogP contribution in [0.25, 0.3) is 0 Å². The molecule has 4 rings (SSSR count). The standard InChI is InChI=1S/C33H39ClN2O2S/c1-24-17-25(2)19-27(18-24)22-39-23-32(37)36(21-28-13-9-10-16-30(28)34)31(20-26-11-5-3-6-12-26)33(38)35-29-14-7-4-8-15-29/h3,5-6,9-13,16-19,29,31H,4,7-8,14-15,20-23H2,1-2H3,(H,35,38). The first-order chi connectivity index (χ1) is 18.9. The van der Waals surface area contributed by atoms with Gasteiger partial charge in [0.25, 0.3) is 0 Å². The number of hydrogen-bond acceptors (Lipinski definition) is 3. The SMILES string of the molecule is Cc1cc(C)cc(CSCC(=O)N(Cc2ccccc2Cl)C(Cc2ccccc2)C(=O)NC2CCCCC2)c1. The Labute approximate surface area is 242 Å². The molecule has 1 atom stereocenters. The molecule has 0 heterocycles. The zero-order valence-corrected chi connectivity index (χ0v) is 24.6. The molecule has 1 N–H and O–H groups in total. The van der Waals surface area contributed by atoms with Gasteiger partial charge in [-0.05, 0) is 49.4 Å². The second-order valence-electron chi connectivity index (χ2n) is 10.7. The molecular weight excluding hydrogens is 524 g/mol. The molecule has 0 aromatic heterocycles. The molecule has 4 nitrogen and oxygen atoms in total. The number of thioether (sulfide) groups is 1. The fourth-order valence-electron chi connectivity index (χ4n) is 5.40. The molecular formula is C33H39ClN2O2S. The second-order valence-corrected chi connectivity index (χ2v) is 12.0. The first kappa shape index (κ1) is 29.2. The molecule has 6 heteroatoms. The monoisotopic (exact) mass is 562 g/mol. The summed E-state index contributed by atoms with van der Waals surface area (Å²) in [6.07, 6.45) is 5.92. The number of carbonyl (C=O) groups excluding carboxylic acids is 2. The molecule has 0 bridgehead atoms. The van der Waals surface area contributed by atoms with Crippen molar-refractivity contribution in [3.8, 4) is 0 Å². The van der Waals surface area contributed by atoms with Crippen LogP contribution in [0, 0.1) is 13.8 Å². The molecule has 1 fully saturated rings. The topological polar surface area (TPSA) is 49.4 Å². The third-order valence-corrected chi connectivity index (χ3v) is 8.65. The van der Waals surface area contributed by atoms with Crippen LogP contribution in [0.4, 0.5) is 0 Å². The van der Waals surface area contributed by atoms with Crippen LogP contribution in [0.3, 0.4) is 0 Å². The van der Waals surface area contributed by atoms with Gasteiger partial charge in [0, 0.05) is 29.8 Å². The van der Waals surface area contributed by atoms with E-state index in [0.717, 1.165) is 42.6 Å². The Morgan fingerprint density at radius 1 is 0.923 bits per heavy atom. The smallest absolute Gasteiger partial charge is 0.243 e. The van der Waals surface area contributed by atoms with Crippen LogP contribution < -0.4 is 5.32 Å². The van der Waals surface area contributed by atoms with E-state index in [4.69, 9.17) is 11.6 Å². The molecule has 0 saturated heterocycles. The number of nitrogens with zero attached hydrogens (tertiary/aromatic N) is 1. The Kier molecular flexibility index (Phi) is 10.9. The van der Waals surface area contributed by atoms with Crippen LogP contribution in [0.2, 0.25) is 5.02 Å². The fourth-order valence-corrected chi connectivity index (χ4v) is 6.44. The summed E-state index contributed by atoms with van der Waals surface area (Å²) in [4.78, 5) is 29.5. The highest BCUT2D eigenvalue weighted by atomic mass is 35.5. The summed E-state index contributed by atoms with van der Waals surface area (Å²) in [5.41, 5.74) is 5.52. The summed E-state index contributed by atoms with van der Waals surface area (Å²) in [7, 11) is 0. The van der Waals surface area contributed by atoms with E-state index in [-0.39, 0.29) is 24.4 Å². The van der Waals surface area contributed by atoms with E-state index < -0.39 is 6.04 Å². The van der Waals surface area contributed by atoms with E-state index in [1.165, 1.54) is 23.1 Å². The van der Waals surface area contributed by atoms with Gasteiger partial charge in [0.05, 0.1) is 5.75 Å². The highest BCUT2D eigenvalue weighted by molar-refractivity contribution is 7.99. The fraction of sp³-hybridized carbons (Fsp3) is 0.394. The van der Waals surface area contributed by atoms with Crippen LogP contribution >= 0.6 is 23.4 Å². The third-order valence-electron chi connectivity index (χ3n) is 7.30. The molecule has 0 spiro atoms. The van der Waals surface area contributed by atoms with E-state index >= 15 is 0 Å². The van der Waals surface area contributed by atoms with Crippen molar-refractivity contribution in [2.75, 3.05) is 5.75 Å². The maximum absolute atomic E-state index is 13.9. The molecule has 39 heavy (non-hydrogen) atoms. The molecule has 1 unspecified atom stereocenters. The van der Waals surface area contributed by atoms with Crippen LogP contribution in [-0.4, -0.2) is 34.6 Å². The number of hydrogen-bond donors (Lipinski definition) is 1. The Hall–Kier alpha value is -2.76. The minimum Gasteiger partial charge on any atom is -0.352 e. The molecule has 0 aliphatic heterocycles. The molecule has 1 aliphatic carbocycles. The minimum absolute atomic E-state index is 0.0518. The predicted octanol–water partition coefficient (Wildman–Crippen LogP) is 7.28. The lowest BCUT2D eigenvalue weighted by Crippen LogP contribution is -2.53. The number of benzene rings is 3. The summed E-state index contributed by atoms with van der Waals surface area (Å²) in [6.45, 7) is 4.48. The Morgan fingerprint density at radius 2 is 1.59 bits per heavy atom. The van der Waals surface area contributed by atoms with Gasteiger partial charge >= 0.3 is 0 Å². The van der Waals surface area contributed by atoms with E-state index in [1.54, 1.807) is 16.7 Å². The van der Waals surface area contributed by atoms with Gasteiger partial charge in [-0.1, -0.05) is 109 Å². The zero-order chi connectivity index (χ0) is 27.6. The van der Waals surface area contributed by atoms with E-state index in [1.807, 2.05) is 54.6 Å². The molecule has 3 aromatic rings. The maximum Gasteiger partial charge on any atom is 0.243 e. The van der Waals surface area contributed by atoms with Gasteiger partial charge < -0.3 is 10.2 Å². The van der Waals surface area contributed by atoms with E-state index in [2.05, 4.69) is 37.4 Å². The lowest BCUT2D eigenvalue weighted by molar-refractivity contribution is -0.139. The highest BCUT2D eigenvalue weighted by Crippen LogP contribution is 2.24. The Bertz CT molecular complexity index is 1220. The lowest BCUT2D eigenvalue weighted by Gasteiger charge is -2.33. The highest BCUT2D eigenvalue weighted by Gasteiger charge is 2.32. The summed E-state index contributed by atoms with van der Waals surface area (Å²) >= 11 is 8.13. The van der Waals surface area contributed by atoms with Crippen molar-refractivity contribution in [2.45, 2.75) is 76.8 Å². The summed E-state index contributed by atoms with van der Waals surface area (Å²) in [5.74, 6) is 0.903. The largest absolute Gasteiger partial charge is 0.352 e. The molecule has 1 aliphatic rings. The lowest BCUT2D eigenvalue weighted by atomic mass is 9.94. The molecule has 2 amide bonds. The second kappa shape index (κ2) is 14.6. The quantitative estimate of drug-likeness (QED) is 0.267. The summed E-state index contributed by atoms with van der Waals surface area (Å²) in [6, 6.07) is 23.6. The van der Waals surface area contributed by atoms with Crippen molar-refractivity contribution in [1.29, 1.82) is 0 Å². The Balaban J connectivity index is 1.57. The van der Waals surface area contributed by atoms with Gasteiger partial charge in [-0.15, -0.1) is 11.8 Å². The normalized spacial score (nSPS) is 14.5. The third kappa shape index (κ3) is 8.87. The number of halogens is 1. The zero-order valence-electron chi connectivity index (χ0n) is 23.0. The number of rotatable bonds is 11. The van der Waals surface area contributed by atoms with Crippen LogP contribution in [0.15, 0.2) is 72.8 Å². The van der Waals surface area contributed by atoms with Crippen molar-refractivity contribution < 1.29 is 9.59 Å². The summed E-state index contributed by atoms with van der Waals surface area (Å²) in [5, 5.41) is 3.90. The van der Waals surface area contributed by atoms with Crippen molar-refractivity contribution in [1.82, 2.24) is 10.2 Å². The average molecular weight is 563 g/mol. The molecule has 206 valence electrons. The van der Waals surface area contributed by atoms with Crippen molar-refractivity contribution >= 4 is 35.2 Å². The van der Waals surface area contributed by atoms with Gasteiger partial charge in [0.1, 0.15) is 6.04 Å². The number of nitrogens with one attached hydrogen (secondary N) is 1. The van der Waals surface area contributed by atoms with Gasteiger partial charge in [-0.3, -0.25) is 9.59 Å². The molecule has 0 radical (unpaired) electrons. The van der Waals surface area contributed by atoms with Crippen LogP contribution in [0.1, 0.15) is 59.9 Å². The van der Waals surface area contributed by atoms with Gasteiger partial charge in [-0.2, -0.15) is 0 Å². The van der Waals surface area contributed by atoms with Crippen LogP contribution in [0.5, 0.6) is 0 Å². The van der Waals surface area contributed by atoms with Gasteiger partial charge in [0.2, 0.25) is 11.8 Å².